The number of para-hydroxylation sites is 1. The van der Waals surface area contributed by atoms with E-state index in [0.717, 1.165) is 11.5 Å². The van der Waals surface area contributed by atoms with E-state index < -0.39 is 0 Å². The fourth-order valence-electron chi connectivity index (χ4n) is 2.52. The van der Waals surface area contributed by atoms with Gasteiger partial charge in [-0.2, -0.15) is 0 Å². The lowest BCUT2D eigenvalue weighted by atomic mass is 10.1. The van der Waals surface area contributed by atoms with Crippen molar-refractivity contribution in [1.29, 1.82) is 0 Å². The van der Waals surface area contributed by atoms with Crippen LogP contribution in [-0.2, 0) is 6.54 Å². The summed E-state index contributed by atoms with van der Waals surface area (Å²) in [5.41, 5.74) is 2.15. The van der Waals surface area contributed by atoms with Crippen LogP contribution in [0.4, 0.5) is 5.82 Å². The molecule has 0 saturated heterocycles. The van der Waals surface area contributed by atoms with Gasteiger partial charge in [-0.25, -0.2) is 4.98 Å². The predicted molar refractivity (Wildman–Crippen MR) is 91.7 cm³/mol. The Hall–Kier alpha value is -2.86. The van der Waals surface area contributed by atoms with Gasteiger partial charge < -0.3 is 10.4 Å². The molecule has 2 N–H and O–H groups in total. The highest BCUT2D eigenvalue weighted by atomic mass is 32.1. The largest absolute Gasteiger partial charge is 0.507 e. The van der Waals surface area contributed by atoms with Crippen molar-refractivity contribution in [3.63, 3.8) is 0 Å². The third-order valence-electron chi connectivity index (χ3n) is 3.60. The standard InChI is InChI=1S/C17H14N4OS/c22-14-6-2-1-5-13(14)16-17(19-10-12-4-3-9-23-12)21-8-7-18-11-15(21)20-16/h1-9,11,19,22H,10H2. The number of phenolic OH excluding ortho intramolecular Hbond substituents is 1. The SMILES string of the molecule is Oc1ccccc1-c1nc2cnccn2c1NCc1cccs1. The van der Waals surface area contributed by atoms with Crippen LogP contribution in [0.15, 0.2) is 60.4 Å². The number of aromatic hydroxyl groups is 1. The van der Waals surface area contributed by atoms with Crippen LogP contribution in [0.2, 0.25) is 0 Å². The molecular weight excluding hydrogens is 308 g/mol. The Balaban J connectivity index is 1.83. The molecule has 0 spiro atoms. The number of hydrogen-bond acceptors (Lipinski definition) is 5. The van der Waals surface area contributed by atoms with E-state index in [1.54, 1.807) is 35.9 Å². The quantitative estimate of drug-likeness (QED) is 0.600. The second kappa shape index (κ2) is 5.73. The Morgan fingerprint density at radius 3 is 2.91 bits per heavy atom. The number of nitrogens with zero attached hydrogens (tertiary/aromatic N) is 3. The van der Waals surface area contributed by atoms with Gasteiger partial charge in [0.15, 0.2) is 5.65 Å². The Morgan fingerprint density at radius 2 is 2.09 bits per heavy atom. The normalized spacial score (nSPS) is 11.0. The number of fused-ring (bicyclic) bond motifs is 1. The molecule has 0 saturated carbocycles. The lowest BCUT2D eigenvalue weighted by Gasteiger charge is -2.08. The Labute approximate surface area is 136 Å². The second-order valence-electron chi connectivity index (χ2n) is 5.06. The van der Waals surface area contributed by atoms with Crippen molar-refractivity contribution < 1.29 is 5.11 Å². The van der Waals surface area contributed by atoms with Crippen LogP contribution in [0.1, 0.15) is 4.88 Å². The average molecular weight is 322 g/mol. The Bertz CT molecular complexity index is 946. The third kappa shape index (κ3) is 2.53. The van der Waals surface area contributed by atoms with Gasteiger partial charge in [0.2, 0.25) is 0 Å². The molecule has 4 rings (SSSR count). The van der Waals surface area contributed by atoms with Gasteiger partial charge in [0.25, 0.3) is 0 Å². The van der Waals surface area contributed by atoms with E-state index in [2.05, 4.69) is 26.7 Å². The van der Waals surface area contributed by atoms with Crippen LogP contribution >= 0.6 is 11.3 Å². The molecule has 0 bridgehead atoms. The molecule has 0 aliphatic heterocycles. The minimum Gasteiger partial charge on any atom is -0.507 e. The van der Waals surface area contributed by atoms with Gasteiger partial charge in [-0.15, -0.1) is 11.3 Å². The molecule has 0 atom stereocenters. The predicted octanol–water partition coefficient (Wildman–Crippen LogP) is 3.78. The number of aromatic nitrogens is 3. The Morgan fingerprint density at radius 1 is 1.17 bits per heavy atom. The smallest absolute Gasteiger partial charge is 0.157 e. The number of benzene rings is 1. The van der Waals surface area contributed by atoms with Crippen molar-refractivity contribution in [2.45, 2.75) is 6.54 Å². The highest BCUT2D eigenvalue weighted by Crippen LogP contribution is 2.34. The number of rotatable bonds is 4. The number of hydrogen-bond donors (Lipinski definition) is 2. The fourth-order valence-corrected chi connectivity index (χ4v) is 3.17. The molecule has 0 radical (unpaired) electrons. The zero-order valence-corrected chi connectivity index (χ0v) is 13.0. The lowest BCUT2D eigenvalue weighted by molar-refractivity contribution is 0.477. The van der Waals surface area contributed by atoms with Crippen LogP contribution in [0.25, 0.3) is 16.9 Å². The highest BCUT2D eigenvalue weighted by Gasteiger charge is 2.16. The molecule has 0 fully saturated rings. The third-order valence-corrected chi connectivity index (χ3v) is 4.48. The van der Waals surface area contributed by atoms with Gasteiger partial charge in [-0.05, 0) is 23.6 Å². The van der Waals surface area contributed by atoms with Crippen LogP contribution in [0.5, 0.6) is 5.75 Å². The van der Waals surface area contributed by atoms with E-state index in [-0.39, 0.29) is 5.75 Å². The summed E-state index contributed by atoms with van der Waals surface area (Å²) in [6.45, 7) is 0.703. The number of imidazole rings is 1. The Kier molecular flexibility index (Phi) is 3.44. The molecule has 23 heavy (non-hydrogen) atoms. The molecule has 3 heterocycles. The molecule has 1 aromatic carbocycles. The minimum absolute atomic E-state index is 0.211. The first-order valence-corrected chi connectivity index (χ1v) is 8.07. The van der Waals surface area contributed by atoms with E-state index in [9.17, 15) is 5.11 Å². The summed E-state index contributed by atoms with van der Waals surface area (Å²) in [5, 5.41) is 15.7. The molecule has 3 aromatic heterocycles. The first-order chi connectivity index (χ1) is 11.3. The topological polar surface area (TPSA) is 62.5 Å². The molecular formula is C17H14N4OS. The summed E-state index contributed by atoms with van der Waals surface area (Å²) < 4.78 is 1.95. The van der Waals surface area contributed by atoms with Crippen molar-refractivity contribution in [2.75, 3.05) is 5.32 Å². The summed E-state index contributed by atoms with van der Waals surface area (Å²) in [6.07, 6.45) is 5.29. The van der Waals surface area contributed by atoms with Crippen LogP contribution in [-0.4, -0.2) is 19.5 Å². The highest BCUT2D eigenvalue weighted by molar-refractivity contribution is 7.09. The molecule has 0 amide bonds. The van der Waals surface area contributed by atoms with Crippen LogP contribution in [0.3, 0.4) is 0 Å². The molecule has 0 aliphatic carbocycles. The van der Waals surface area contributed by atoms with E-state index in [1.807, 2.05) is 28.8 Å². The minimum atomic E-state index is 0.211. The van der Waals surface area contributed by atoms with Gasteiger partial charge in [-0.1, -0.05) is 18.2 Å². The summed E-state index contributed by atoms with van der Waals surface area (Å²) in [4.78, 5) is 9.98. The maximum absolute atomic E-state index is 10.2. The van der Waals surface area contributed by atoms with Gasteiger partial charge >= 0.3 is 0 Å². The molecule has 0 aliphatic rings. The molecule has 114 valence electrons. The average Bonchev–Trinajstić information content (AvgIpc) is 3.21. The maximum atomic E-state index is 10.2. The van der Waals surface area contributed by atoms with Crippen LogP contribution in [0, 0.1) is 0 Å². The van der Waals surface area contributed by atoms with Gasteiger partial charge in [0, 0.05) is 22.8 Å². The number of phenols is 1. The fraction of sp³-hybridized carbons (Fsp3) is 0.0588. The van der Waals surface area contributed by atoms with Gasteiger partial charge in [0.05, 0.1) is 12.7 Å². The van der Waals surface area contributed by atoms with Gasteiger partial charge in [0.1, 0.15) is 17.3 Å². The van der Waals surface area contributed by atoms with Crippen molar-refractivity contribution in [3.05, 3.63) is 65.2 Å². The second-order valence-corrected chi connectivity index (χ2v) is 6.10. The maximum Gasteiger partial charge on any atom is 0.157 e. The number of anilines is 1. The molecule has 0 unspecified atom stereocenters. The van der Waals surface area contributed by atoms with Crippen molar-refractivity contribution in [1.82, 2.24) is 14.4 Å². The first kappa shape index (κ1) is 13.8. The summed E-state index contributed by atoms with van der Waals surface area (Å²) in [5.74, 6) is 1.06. The van der Waals surface area contributed by atoms with E-state index in [4.69, 9.17) is 0 Å². The van der Waals surface area contributed by atoms with E-state index in [1.165, 1.54) is 4.88 Å². The van der Waals surface area contributed by atoms with E-state index in [0.29, 0.717) is 17.8 Å². The molecule has 6 heteroatoms. The first-order valence-electron chi connectivity index (χ1n) is 7.19. The van der Waals surface area contributed by atoms with Crippen molar-refractivity contribution >= 4 is 22.8 Å². The monoisotopic (exact) mass is 322 g/mol. The lowest BCUT2D eigenvalue weighted by Crippen LogP contribution is -2.02. The van der Waals surface area contributed by atoms with Crippen molar-refractivity contribution in [2.24, 2.45) is 0 Å². The van der Waals surface area contributed by atoms with Crippen molar-refractivity contribution in [3.8, 4) is 17.0 Å². The summed E-state index contributed by atoms with van der Waals surface area (Å²) in [6, 6.07) is 11.3. The number of nitrogens with one attached hydrogen (secondary N) is 1. The molecule has 4 aromatic rings. The molecule has 5 nitrogen and oxygen atoms in total. The van der Waals surface area contributed by atoms with Crippen LogP contribution < -0.4 is 5.32 Å². The number of thiophene rings is 1. The van der Waals surface area contributed by atoms with E-state index >= 15 is 0 Å². The van der Waals surface area contributed by atoms with Gasteiger partial charge in [-0.3, -0.25) is 9.38 Å². The zero-order valence-electron chi connectivity index (χ0n) is 12.2. The zero-order chi connectivity index (χ0) is 15.6. The summed E-state index contributed by atoms with van der Waals surface area (Å²) in [7, 11) is 0. The summed E-state index contributed by atoms with van der Waals surface area (Å²) >= 11 is 1.70.